The average molecular weight is 259 g/mol. The van der Waals surface area contributed by atoms with Gasteiger partial charge in [0.05, 0.1) is 11.1 Å². The quantitative estimate of drug-likeness (QED) is 0.613. The lowest BCUT2D eigenvalue weighted by molar-refractivity contribution is -0.139. The zero-order valence-corrected chi connectivity index (χ0v) is 8.66. The predicted octanol–water partition coefficient (Wildman–Crippen LogP) is 3.31. The number of halogens is 4. The molecule has 1 aromatic carbocycles. The molecule has 3 nitrogen and oxygen atoms in total. The highest BCUT2D eigenvalue weighted by molar-refractivity contribution is 5.85. The second-order valence-corrected chi connectivity index (χ2v) is 3.43. The summed E-state index contributed by atoms with van der Waals surface area (Å²) in [5, 5.41) is 3.41. The van der Waals surface area contributed by atoms with Crippen molar-refractivity contribution in [3.05, 3.63) is 41.4 Å². The normalized spacial score (nSPS) is 11.6. The van der Waals surface area contributed by atoms with E-state index in [0.717, 1.165) is 12.3 Å². The van der Waals surface area contributed by atoms with Crippen molar-refractivity contribution in [1.29, 1.82) is 0 Å². The standard InChI is InChI=1S/C11H5F4NO2/c12-9-2-1-6(3-8(9)11(13,14)15)10-7(4-17)5-18-16-10/h1-5H. The molecule has 0 spiro atoms. The van der Waals surface area contributed by atoms with Crippen molar-refractivity contribution in [1.82, 2.24) is 5.16 Å². The van der Waals surface area contributed by atoms with Gasteiger partial charge in [0.15, 0.2) is 6.29 Å². The van der Waals surface area contributed by atoms with E-state index in [1.54, 1.807) is 0 Å². The second kappa shape index (κ2) is 4.25. The Bertz CT molecular complexity index is 589. The summed E-state index contributed by atoms with van der Waals surface area (Å²) in [5.74, 6) is -1.39. The maximum absolute atomic E-state index is 13.1. The fourth-order valence-electron chi connectivity index (χ4n) is 1.44. The van der Waals surface area contributed by atoms with Crippen LogP contribution in [0.5, 0.6) is 0 Å². The molecule has 1 aromatic heterocycles. The SMILES string of the molecule is O=Cc1conc1-c1ccc(F)c(C(F)(F)F)c1. The van der Waals surface area contributed by atoms with Crippen LogP contribution in [0, 0.1) is 5.82 Å². The third-order valence-corrected chi connectivity index (χ3v) is 2.27. The van der Waals surface area contributed by atoms with Gasteiger partial charge in [0, 0.05) is 5.56 Å². The number of nitrogens with zero attached hydrogens (tertiary/aromatic N) is 1. The lowest BCUT2D eigenvalue weighted by Crippen LogP contribution is -2.08. The van der Waals surface area contributed by atoms with E-state index in [9.17, 15) is 22.4 Å². The van der Waals surface area contributed by atoms with E-state index >= 15 is 0 Å². The van der Waals surface area contributed by atoms with Gasteiger partial charge in [0.1, 0.15) is 17.8 Å². The van der Waals surface area contributed by atoms with Crippen LogP contribution in [0.15, 0.2) is 29.0 Å². The number of hydrogen-bond acceptors (Lipinski definition) is 3. The van der Waals surface area contributed by atoms with E-state index in [-0.39, 0.29) is 16.8 Å². The highest BCUT2D eigenvalue weighted by atomic mass is 19.4. The topological polar surface area (TPSA) is 43.1 Å². The Balaban J connectivity index is 2.58. The first-order valence-electron chi connectivity index (χ1n) is 4.70. The minimum absolute atomic E-state index is 0.00488. The van der Waals surface area contributed by atoms with Crippen LogP contribution in [-0.4, -0.2) is 11.4 Å². The van der Waals surface area contributed by atoms with Crippen molar-refractivity contribution in [3.8, 4) is 11.3 Å². The van der Waals surface area contributed by atoms with Gasteiger partial charge in [0.2, 0.25) is 0 Å². The average Bonchev–Trinajstić information content (AvgIpc) is 2.76. The highest BCUT2D eigenvalue weighted by Crippen LogP contribution is 2.34. The first-order valence-corrected chi connectivity index (χ1v) is 4.70. The minimum atomic E-state index is -4.81. The molecule has 0 aliphatic carbocycles. The molecule has 7 heteroatoms. The van der Waals surface area contributed by atoms with Crippen LogP contribution in [0.1, 0.15) is 15.9 Å². The van der Waals surface area contributed by atoms with E-state index in [0.29, 0.717) is 18.4 Å². The van der Waals surface area contributed by atoms with E-state index in [1.807, 2.05) is 0 Å². The van der Waals surface area contributed by atoms with Crippen molar-refractivity contribution in [2.45, 2.75) is 6.18 Å². The van der Waals surface area contributed by atoms with Crippen molar-refractivity contribution in [3.63, 3.8) is 0 Å². The van der Waals surface area contributed by atoms with Crippen LogP contribution in [-0.2, 0) is 6.18 Å². The van der Waals surface area contributed by atoms with Crippen LogP contribution in [0.3, 0.4) is 0 Å². The molecule has 18 heavy (non-hydrogen) atoms. The molecule has 2 rings (SSSR count). The monoisotopic (exact) mass is 259 g/mol. The van der Waals surface area contributed by atoms with Gasteiger partial charge in [-0.2, -0.15) is 13.2 Å². The number of aldehydes is 1. The lowest BCUT2D eigenvalue weighted by Gasteiger charge is -2.09. The molecule has 0 unspecified atom stereocenters. The molecule has 0 amide bonds. The maximum Gasteiger partial charge on any atom is 0.419 e. The molecule has 0 aliphatic heterocycles. The molecule has 2 aromatic rings. The molecule has 0 atom stereocenters. The van der Waals surface area contributed by atoms with Crippen molar-refractivity contribution < 1.29 is 26.9 Å². The number of rotatable bonds is 2. The van der Waals surface area contributed by atoms with Gasteiger partial charge in [-0.3, -0.25) is 4.79 Å². The molecule has 94 valence electrons. The molecule has 0 saturated carbocycles. The van der Waals surface area contributed by atoms with E-state index in [4.69, 9.17) is 0 Å². The number of aromatic nitrogens is 1. The van der Waals surface area contributed by atoms with Crippen LogP contribution in [0.2, 0.25) is 0 Å². The third-order valence-electron chi connectivity index (χ3n) is 2.27. The zero-order chi connectivity index (χ0) is 13.3. The Morgan fingerprint density at radius 2 is 2.00 bits per heavy atom. The molecule has 0 aliphatic rings. The Morgan fingerprint density at radius 3 is 2.61 bits per heavy atom. The molecular weight excluding hydrogens is 254 g/mol. The number of hydrogen-bond donors (Lipinski definition) is 0. The van der Waals surface area contributed by atoms with Gasteiger partial charge in [0.25, 0.3) is 0 Å². The summed E-state index contributed by atoms with van der Waals surface area (Å²) in [6.45, 7) is 0. The van der Waals surface area contributed by atoms with Crippen LogP contribution >= 0.6 is 0 Å². The summed E-state index contributed by atoms with van der Waals surface area (Å²) in [4.78, 5) is 10.6. The van der Waals surface area contributed by atoms with Crippen molar-refractivity contribution in [2.24, 2.45) is 0 Å². The second-order valence-electron chi connectivity index (χ2n) is 3.43. The number of carbonyl (C=O) groups is 1. The third kappa shape index (κ3) is 2.11. The fourth-order valence-corrected chi connectivity index (χ4v) is 1.44. The van der Waals surface area contributed by atoms with Crippen LogP contribution in [0.4, 0.5) is 17.6 Å². The Labute approximate surface area is 98.0 Å². The summed E-state index contributed by atoms with van der Waals surface area (Å²) in [6.07, 6.45) is -3.42. The first-order chi connectivity index (χ1) is 8.43. The van der Waals surface area contributed by atoms with Gasteiger partial charge >= 0.3 is 6.18 Å². The molecule has 0 radical (unpaired) electrons. The lowest BCUT2D eigenvalue weighted by atomic mass is 10.0. The molecule has 0 N–H and O–H groups in total. The molecular formula is C11H5F4NO2. The molecule has 0 saturated heterocycles. The number of alkyl halides is 3. The van der Waals surface area contributed by atoms with Gasteiger partial charge in [-0.15, -0.1) is 0 Å². The Kier molecular flexibility index (Phi) is 2.90. The minimum Gasteiger partial charge on any atom is -0.363 e. The largest absolute Gasteiger partial charge is 0.419 e. The highest BCUT2D eigenvalue weighted by Gasteiger charge is 2.34. The first kappa shape index (κ1) is 12.3. The summed E-state index contributed by atoms with van der Waals surface area (Å²) in [7, 11) is 0. The predicted molar refractivity (Wildman–Crippen MR) is 52.3 cm³/mol. The van der Waals surface area contributed by atoms with Gasteiger partial charge in [-0.05, 0) is 18.2 Å². The zero-order valence-electron chi connectivity index (χ0n) is 8.66. The smallest absolute Gasteiger partial charge is 0.363 e. The summed E-state index contributed by atoms with van der Waals surface area (Å²) < 4.78 is 55.0. The molecule has 0 bridgehead atoms. The van der Waals surface area contributed by atoms with E-state index in [2.05, 4.69) is 9.68 Å². The molecule has 0 fully saturated rings. The summed E-state index contributed by atoms with van der Waals surface area (Å²) >= 11 is 0. The van der Waals surface area contributed by atoms with Crippen molar-refractivity contribution in [2.75, 3.05) is 0 Å². The van der Waals surface area contributed by atoms with E-state index < -0.39 is 17.6 Å². The van der Waals surface area contributed by atoms with Gasteiger partial charge in [-0.1, -0.05) is 5.16 Å². The number of benzene rings is 1. The summed E-state index contributed by atoms with van der Waals surface area (Å²) in [6, 6.07) is 2.34. The summed E-state index contributed by atoms with van der Waals surface area (Å²) in [5.41, 5.74) is -1.52. The van der Waals surface area contributed by atoms with Crippen LogP contribution < -0.4 is 0 Å². The fraction of sp³-hybridized carbons (Fsp3) is 0.0909. The van der Waals surface area contributed by atoms with E-state index in [1.165, 1.54) is 0 Å². The Hall–Kier alpha value is -2.18. The van der Waals surface area contributed by atoms with Gasteiger partial charge < -0.3 is 4.52 Å². The maximum atomic E-state index is 13.1. The van der Waals surface area contributed by atoms with Gasteiger partial charge in [-0.25, -0.2) is 4.39 Å². The number of carbonyl (C=O) groups excluding carboxylic acids is 1. The molecule has 1 heterocycles. The van der Waals surface area contributed by atoms with Crippen molar-refractivity contribution >= 4 is 6.29 Å². The van der Waals surface area contributed by atoms with Crippen LogP contribution in [0.25, 0.3) is 11.3 Å². The Morgan fingerprint density at radius 1 is 1.28 bits per heavy atom.